The fraction of sp³-hybridized carbons (Fsp3) is 0.300. The smallest absolute Gasteiger partial charge is 0.315 e. The molecule has 0 saturated heterocycles. The molecule has 0 aliphatic carbocycles. The van der Waals surface area contributed by atoms with E-state index in [2.05, 4.69) is 10.6 Å². The van der Waals surface area contributed by atoms with E-state index in [9.17, 15) is 18.4 Å². The fourth-order valence-electron chi connectivity index (χ4n) is 2.78. The van der Waals surface area contributed by atoms with Crippen molar-refractivity contribution in [1.29, 1.82) is 0 Å². The highest BCUT2D eigenvalue weighted by atomic mass is 19.1. The summed E-state index contributed by atoms with van der Waals surface area (Å²) in [5.74, 6) is -2.38. The van der Waals surface area contributed by atoms with E-state index in [1.54, 1.807) is 6.92 Å². The second kappa shape index (κ2) is 9.66. The molecule has 2 aromatic rings. The van der Waals surface area contributed by atoms with Gasteiger partial charge in [-0.25, -0.2) is 13.6 Å². The van der Waals surface area contributed by atoms with E-state index in [1.807, 2.05) is 30.3 Å². The first-order valence-corrected chi connectivity index (χ1v) is 8.63. The van der Waals surface area contributed by atoms with Crippen LogP contribution in [0.2, 0.25) is 0 Å². The van der Waals surface area contributed by atoms with Crippen molar-refractivity contribution >= 4 is 12.0 Å². The maximum atomic E-state index is 13.8. The molecule has 0 spiro atoms. The van der Waals surface area contributed by atoms with Crippen LogP contribution in [0, 0.1) is 11.6 Å². The summed E-state index contributed by atoms with van der Waals surface area (Å²) in [6, 6.07) is 10.9. The lowest BCUT2D eigenvalue weighted by Crippen LogP contribution is -2.44. The van der Waals surface area contributed by atoms with Crippen LogP contribution in [-0.2, 0) is 11.2 Å². The van der Waals surface area contributed by atoms with Gasteiger partial charge >= 0.3 is 12.0 Å². The van der Waals surface area contributed by atoms with Gasteiger partial charge in [-0.2, -0.15) is 0 Å². The highest BCUT2D eigenvalue weighted by Gasteiger charge is 2.18. The molecule has 0 radical (unpaired) electrons. The highest BCUT2D eigenvalue weighted by Crippen LogP contribution is 2.17. The number of carboxylic acids is 1. The zero-order chi connectivity index (χ0) is 19.8. The average molecular weight is 376 g/mol. The predicted octanol–water partition coefficient (Wildman–Crippen LogP) is 3.80. The number of carboxylic acid groups (broad SMARTS) is 1. The van der Waals surface area contributed by atoms with E-state index >= 15 is 0 Å². The topological polar surface area (TPSA) is 78.4 Å². The summed E-state index contributed by atoms with van der Waals surface area (Å²) in [5, 5.41) is 14.3. The summed E-state index contributed by atoms with van der Waals surface area (Å²) < 4.78 is 26.8. The molecular formula is C20H22F2N2O3. The molecule has 0 heterocycles. The Morgan fingerprint density at radius 2 is 1.78 bits per heavy atom. The van der Waals surface area contributed by atoms with Crippen LogP contribution in [0.3, 0.4) is 0 Å². The molecule has 5 nitrogen and oxygen atoms in total. The zero-order valence-corrected chi connectivity index (χ0v) is 14.9. The van der Waals surface area contributed by atoms with Gasteiger partial charge in [-0.1, -0.05) is 36.4 Å². The van der Waals surface area contributed by atoms with Crippen LogP contribution >= 0.6 is 0 Å². The molecule has 2 aromatic carbocycles. The summed E-state index contributed by atoms with van der Waals surface area (Å²) in [7, 11) is 0. The number of halogens is 2. The second-order valence-corrected chi connectivity index (χ2v) is 6.32. The van der Waals surface area contributed by atoms with Crippen LogP contribution in [0.1, 0.15) is 36.9 Å². The van der Waals surface area contributed by atoms with Crippen LogP contribution in [0.4, 0.5) is 13.6 Å². The number of aliphatic carboxylic acids is 1. The van der Waals surface area contributed by atoms with Gasteiger partial charge in [-0.15, -0.1) is 0 Å². The van der Waals surface area contributed by atoms with E-state index in [4.69, 9.17) is 5.11 Å². The van der Waals surface area contributed by atoms with Crippen LogP contribution in [0.5, 0.6) is 0 Å². The van der Waals surface area contributed by atoms with Crippen molar-refractivity contribution in [3.8, 4) is 0 Å². The van der Waals surface area contributed by atoms with E-state index in [-0.39, 0.29) is 18.4 Å². The Bertz CT molecular complexity index is 784. The van der Waals surface area contributed by atoms with Gasteiger partial charge in [0, 0.05) is 24.1 Å². The third kappa shape index (κ3) is 6.69. The molecular weight excluding hydrogens is 354 g/mol. The van der Waals surface area contributed by atoms with Gasteiger partial charge in [0.05, 0.1) is 6.04 Å². The molecule has 0 fully saturated rings. The molecule has 0 aromatic heterocycles. The van der Waals surface area contributed by atoms with Crippen LogP contribution in [-0.4, -0.2) is 23.1 Å². The lowest BCUT2D eigenvalue weighted by atomic mass is 10.0. The van der Waals surface area contributed by atoms with Crippen LogP contribution in [0.25, 0.3) is 0 Å². The van der Waals surface area contributed by atoms with Crippen molar-refractivity contribution < 1.29 is 23.5 Å². The minimum absolute atomic E-state index is 0.0834. The maximum Gasteiger partial charge on any atom is 0.315 e. The second-order valence-electron chi connectivity index (χ2n) is 6.32. The van der Waals surface area contributed by atoms with E-state index in [1.165, 1.54) is 6.07 Å². The number of urea groups is 1. The molecule has 27 heavy (non-hydrogen) atoms. The molecule has 144 valence electrons. The largest absolute Gasteiger partial charge is 0.481 e. The third-order valence-electron chi connectivity index (χ3n) is 4.14. The molecule has 2 amide bonds. The van der Waals surface area contributed by atoms with Crippen molar-refractivity contribution in [1.82, 2.24) is 10.6 Å². The molecule has 7 heteroatoms. The monoisotopic (exact) mass is 376 g/mol. The summed E-state index contributed by atoms with van der Waals surface area (Å²) >= 11 is 0. The van der Waals surface area contributed by atoms with Gasteiger partial charge in [0.25, 0.3) is 0 Å². The first-order valence-electron chi connectivity index (χ1n) is 8.63. The van der Waals surface area contributed by atoms with Gasteiger partial charge in [0.2, 0.25) is 0 Å². The van der Waals surface area contributed by atoms with E-state index in [0.717, 1.165) is 17.7 Å². The molecule has 0 bridgehead atoms. The van der Waals surface area contributed by atoms with Crippen LogP contribution < -0.4 is 10.6 Å². The summed E-state index contributed by atoms with van der Waals surface area (Å²) in [6.45, 7) is 1.58. The Kier molecular flexibility index (Phi) is 7.28. The van der Waals surface area contributed by atoms with Gasteiger partial charge in [0.15, 0.2) is 0 Å². The number of carbonyl (C=O) groups excluding carboxylic acids is 1. The number of benzene rings is 2. The lowest BCUT2D eigenvalue weighted by Gasteiger charge is -2.21. The minimum atomic E-state index is -0.947. The molecule has 3 N–H and O–H groups in total. The minimum Gasteiger partial charge on any atom is -0.481 e. The van der Waals surface area contributed by atoms with Crippen molar-refractivity contribution in [2.45, 2.75) is 38.3 Å². The average Bonchev–Trinajstić information content (AvgIpc) is 2.60. The number of hydrogen-bond acceptors (Lipinski definition) is 2. The zero-order valence-electron chi connectivity index (χ0n) is 14.9. The van der Waals surface area contributed by atoms with Crippen molar-refractivity contribution in [2.75, 3.05) is 0 Å². The molecule has 1 unspecified atom stereocenters. The highest BCUT2D eigenvalue weighted by molar-refractivity contribution is 5.75. The van der Waals surface area contributed by atoms with E-state index in [0.29, 0.717) is 6.42 Å². The Morgan fingerprint density at radius 1 is 1.07 bits per heavy atom. The number of carbonyl (C=O) groups is 2. The number of nitrogens with one attached hydrogen (secondary N) is 2. The van der Waals surface area contributed by atoms with Gasteiger partial charge in [-0.3, -0.25) is 4.79 Å². The quantitative estimate of drug-likeness (QED) is 0.656. The van der Waals surface area contributed by atoms with Crippen LogP contribution in [0.15, 0.2) is 48.5 Å². The Hall–Kier alpha value is -2.96. The van der Waals surface area contributed by atoms with Gasteiger partial charge in [0.1, 0.15) is 11.6 Å². The van der Waals surface area contributed by atoms with Crippen molar-refractivity contribution in [3.05, 3.63) is 71.3 Å². The van der Waals surface area contributed by atoms with Gasteiger partial charge in [-0.05, 0) is 31.4 Å². The lowest BCUT2D eigenvalue weighted by molar-refractivity contribution is -0.137. The third-order valence-corrected chi connectivity index (χ3v) is 4.14. The SMILES string of the molecule is C[C@H](NC(=O)NC(CCC(=O)O)Cc1ccccc1)c1ccc(F)cc1F. The van der Waals surface area contributed by atoms with Crippen molar-refractivity contribution in [2.24, 2.45) is 0 Å². The van der Waals surface area contributed by atoms with E-state index < -0.39 is 35.7 Å². The summed E-state index contributed by atoms with van der Waals surface area (Å²) in [5.41, 5.74) is 1.13. The first-order chi connectivity index (χ1) is 12.8. The Balaban J connectivity index is 1.99. The number of amides is 2. The number of hydrogen-bond donors (Lipinski definition) is 3. The Morgan fingerprint density at radius 3 is 2.41 bits per heavy atom. The molecule has 2 rings (SSSR count). The molecule has 0 aliphatic rings. The maximum absolute atomic E-state index is 13.8. The summed E-state index contributed by atoms with van der Waals surface area (Å²) in [4.78, 5) is 23.2. The van der Waals surface area contributed by atoms with Gasteiger partial charge < -0.3 is 15.7 Å². The first kappa shape index (κ1) is 20.4. The molecule has 0 saturated carbocycles. The normalized spacial score (nSPS) is 12.9. The fourth-order valence-corrected chi connectivity index (χ4v) is 2.78. The molecule has 0 aliphatic heterocycles. The Labute approximate surface area is 156 Å². The van der Waals surface area contributed by atoms with Crippen molar-refractivity contribution in [3.63, 3.8) is 0 Å². The number of rotatable bonds is 8. The molecule has 2 atom stereocenters. The summed E-state index contributed by atoms with van der Waals surface area (Å²) in [6.07, 6.45) is 0.650. The predicted molar refractivity (Wildman–Crippen MR) is 97.2 cm³/mol. The standard InChI is InChI=1S/C20H22F2N2O3/c1-13(17-9-7-15(21)12-18(17)22)23-20(27)24-16(8-10-19(25)26)11-14-5-3-2-4-6-14/h2-7,9,12-13,16H,8,10-11H2,1H3,(H,25,26)(H2,23,24,27)/t13-,16?/m0/s1.